The lowest BCUT2D eigenvalue weighted by Gasteiger charge is -2.00. The Labute approximate surface area is 79.5 Å². The Morgan fingerprint density at radius 3 is 2.86 bits per heavy atom. The average molecular weight is 193 g/mol. The van der Waals surface area contributed by atoms with Crippen LogP contribution >= 0.6 is 0 Å². The first-order valence-corrected chi connectivity index (χ1v) is 4.06. The Bertz CT molecular complexity index is 428. The molecule has 0 radical (unpaired) electrons. The highest BCUT2D eigenvalue weighted by Gasteiger charge is 2.06. The fourth-order valence-corrected chi connectivity index (χ4v) is 1.15. The van der Waals surface area contributed by atoms with E-state index in [1.54, 1.807) is 12.1 Å². The SMILES string of the molecule is NCc1ccc(-c2ncon2)cc1F. The molecule has 1 heterocycles. The molecular weight excluding hydrogens is 185 g/mol. The van der Waals surface area contributed by atoms with E-state index in [4.69, 9.17) is 5.73 Å². The quantitative estimate of drug-likeness (QED) is 0.781. The van der Waals surface area contributed by atoms with E-state index in [2.05, 4.69) is 14.7 Å². The molecule has 14 heavy (non-hydrogen) atoms. The van der Waals surface area contributed by atoms with Gasteiger partial charge in [-0.05, 0) is 6.07 Å². The van der Waals surface area contributed by atoms with Gasteiger partial charge < -0.3 is 10.3 Å². The molecule has 2 N–H and O–H groups in total. The summed E-state index contributed by atoms with van der Waals surface area (Å²) < 4.78 is 17.8. The maximum Gasteiger partial charge on any atom is 0.214 e. The number of halogens is 1. The summed E-state index contributed by atoms with van der Waals surface area (Å²) in [6.07, 6.45) is 1.20. The first-order chi connectivity index (χ1) is 6.81. The Morgan fingerprint density at radius 2 is 2.29 bits per heavy atom. The highest BCUT2D eigenvalue weighted by Crippen LogP contribution is 2.17. The molecule has 0 spiro atoms. The summed E-state index contributed by atoms with van der Waals surface area (Å²) in [5.74, 6) is 0.0160. The fraction of sp³-hybridized carbons (Fsp3) is 0.111. The van der Waals surface area contributed by atoms with Crippen molar-refractivity contribution in [2.24, 2.45) is 5.73 Å². The molecule has 0 bridgehead atoms. The minimum Gasteiger partial charge on any atom is -0.342 e. The van der Waals surface area contributed by atoms with Crippen LogP contribution in [-0.4, -0.2) is 10.1 Å². The molecule has 0 saturated heterocycles. The molecule has 0 atom stereocenters. The molecule has 2 rings (SSSR count). The van der Waals surface area contributed by atoms with Crippen LogP contribution in [-0.2, 0) is 6.54 Å². The standard InChI is InChI=1S/C9H8FN3O/c10-8-3-6(1-2-7(8)4-11)9-12-5-14-13-9/h1-3,5H,4,11H2. The van der Waals surface area contributed by atoms with Crippen LogP contribution in [0.4, 0.5) is 4.39 Å². The fourth-order valence-electron chi connectivity index (χ4n) is 1.15. The minimum atomic E-state index is -0.352. The van der Waals surface area contributed by atoms with Crippen molar-refractivity contribution in [3.63, 3.8) is 0 Å². The third-order valence-electron chi connectivity index (χ3n) is 1.89. The maximum absolute atomic E-state index is 13.3. The molecule has 0 unspecified atom stereocenters. The van der Waals surface area contributed by atoms with E-state index in [0.29, 0.717) is 17.0 Å². The van der Waals surface area contributed by atoms with Crippen molar-refractivity contribution in [2.75, 3.05) is 0 Å². The van der Waals surface area contributed by atoms with Crippen molar-refractivity contribution in [3.05, 3.63) is 36.0 Å². The Hall–Kier alpha value is -1.75. The van der Waals surface area contributed by atoms with Crippen LogP contribution in [0.15, 0.2) is 29.1 Å². The van der Waals surface area contributed by atoms with Crippen LogP contribution in [0.25, 0.3) is 11.4 Å². The topological polar surface area (TPSA) is 64.9 Å². The van der Waals surface area contributed by atoms with Gasteiger partial charge in [0.05, 0.1) is 0 Å². The summed E-state index contributed by atoms with van der Waals surface area (Å²) in [5.41, 5.74) is 6.38. The summed E-state index contributed by atoms with van der Waals surface area (Å²) in [6.45, 7) is 0.179. The Balaban J connectivity index is 2.43. The number of nitrogens with two attached hydrogens (primary N) is 1. The minimum absolute atomic E-state index is 0.179. The van der Waals surface area contributed by atoms with Crippen molar-refractivity contribution in [1.82, 2.24) is 10.1 Å². The number of nitrogens with zero attached hydrogens (tertiary/aromatic N) is 2. The van der Waals surface area contributed by atoms with E-state index in [1.165, 1.54) is 12.5 Å². The lowest BCUT2D eigenvalue weighted by atomic mass is 10.1. The van der Waals surface area contributed by atoms with Gasteiger partial charge in [0.2, 0.25) is 12.2 Å². The monoisotopic (exact) mass is 193 g/mol. The average Bonchev–Trinajstić information content (AvgIpc) is 2.70. The van der Waals surface area contributed by atoms with Gasteiger partial charge in [-0.25, -0.2) is 4.39 Å². The molecule has 0 amide bonds. The van der Waals surface area contributed by atoms with Crippen molar-refractivity contribution < 1.29 is 8.91 Å². The number of hydrogen-bond donors (Lipinski definition) is 1. The molecular formula is C9H8FN3O. The van der Waals surface area contributed by atoms with E-state index in [9.17, 15) is 4.39 Å². The number of aromatic nitrogens is 2. The Kier molecular flexibility index (Phi) is 2.24. The van der Waals surface area contributed by atoms with E-state index in [0.717, 1.165) is 0 Å². The number of rotatable bonds is 2. The van der Waals surface area contributed by atoms with Crippen LogP contribution in [0, 0.1) is 5.82 Å². The smallest absolute Gasteiger partial charge is 0.214 e. The second-order valence-corrected chi connectivity index (χ2v) is 2.77. The van der Waals surface area contributed by atoms with Gasteiger partial charge >= 0.3 is 0 Å². The van der Waals surface area contributed by atoms with Gasteiger partial charge in [0.1, 0.15) is 5.82 Å². The molecule has 72 valence electrons. The number of hydrogen-bond acceptors (Lipinski definition) is 4. The second kappa shape index (κ2) is 3.55. The molecule has 0 aliphatic carbocycles. The zero-order chi connectivity index (χ0) is 9.97. The zero-order valence-corrected chi connectivity index (χ0v) is 7.27. The van der Waals surface area contributed by atoms with Crippen LogP contribution in [0.3, 0.4) is 0 Å². The van der Waals surface area contributed by atoms with Crippen LogP contribution in [0.5, 0.6) is 0 Å². The summed E-state index contributed by atoms with van der Waals surface area (Å²) in [4.78, 5) is 3.81. The summed E-state index contributed by atoms with van der Waals surface area (Å²) in [7, 11) is 0. The van der Waals surface area contributed by atoms with Gasteiger partial charge in [-0.2, -0.15) is 4.98 Å². The van der Waals surface area contributed by atoms with Gasteiger partial charge in [-0.15, -0.1) is 0 Å². The summed E-state index contributed by atoms with van der Waals surface area (Å²) in [6, 6.07) is 4.66. The van der Waals surface area contributed by atoms with Crippen molar-refractivity contribution in [2.45, 2.75) is 6.54 Å². The second-order valence-electron chi connectivity index (χ2n) is 2.77. The van der Waals surface area contributed by atoms with Crippen molar-refractivity contribution in [1.29, 1.82) is 0 Å². The summed E-state index contributed by atoms with van der Waals surface area (Å²) in [5, 5.41) is 3.60. The largest absolute Gasteiger partial charge is 0.342 e. The van der Waals surface area contributed by atoms with Crippen LogP contribution in [0.2, 0.25) is 0 Å². The van der Waals surface area contributed by atoms with Gasteiger partial charge in [-0.3, -0.25) is 0 Å². The van der Waals surface area contributed by atoms with Crippen molar-refractivity contribution in [3.8, 4) is 11.4 Å². The predicted octanol–water partition coefficient (Wildman–Crippen LogP) is 1.33. The first-order valence-electron chi connectivity index (χ1n) is 4.06. The van der Waals surface area contributed by atoms with Gasteiger partial charge in [0.15, 0.2) is 0 Å². The molecule has 0 fully saturated rings. The van der Waals surface area contributed by atoms with Crippen LogP contribution in [0.1, 0.15) is 5.56 Å². The summed E-state index contributed by atoms with van der Waals surface area (Å²) >= 11 is 0. The molecule has 4 nitrogen and oxygen atoms in total. The number of benzene rings is 1. The van der Waals surface area contributed by atoms with Crippen LogP contribution < -0.4 is 5.73 Å². The maximum atomic E-state index is 13.3. The Morgan fingerprint density at radius 1 is 1.43 bits per heavy atom. The molecule has 1 aromatic heterocycles. The lowest BCUT2D eigenvalue weighted by Crippen LogP contribution is -1.99. The molecule has 2 aromatic rings. The van der Waals surface area contributed by atoms with Gasteiger partial charge in [-0.1, -0.05) is 17.3 Å². The molecule has 0 aliphatic heterocycles. The predicted molar refractivity (Wildman–Crippen MR) is 47.6 cm³/mol. The lowest BCUT2D eigenvalue weighted by molar-refractivity contribution is 0.418. The van der Waals surface area contributed by atoms with Gasteiger partial charge in [0.25, 0.3) is 0 Å². The van der Waals surface area contributed by atoms with Gasteiger partial charge in [0, 0.05) is 17.7 Å². The first kappa shape index (κ1) is 8.83. The van der Waals surface area contributed by atoms with Crippen molar-refractivity contribution >= 4 is 0 Å². The van der Waals surface area contributed by atoms with E-state index in [1.807, 2.05) is 0 Å². The van der Waals surface area contributed by atoms with E-state index in [-0.39, 0.29) is 12.4 Å². The molecule has 0 aliphatic rings. The highest BCUT2D eigenvalue weighted by atomic mass is 19.1. The normalized spacial score (nSPS) is 10.4. The third kappa shape index (κ3) is 1.49. The molecule has 1 aromatic carbocycles. The zero-order valence-electron chi connectivity index (χ0n) is 7.27. The van der Waals surface area contributed by atoms with E-state index < -0.39 is 0 Å². The van der Waals surface area contributed by atoms with E-state index >= 15 is 0 Å². The highest BCUT2D eigenvalue weighted by molar-refractivity contribution is 5.54. The third-order valence-corrected chi connectivity index (χ3v) is 1.89. The molecule has 0 saturated carbocycles. The molecule has 5 heteroatoms.